The zero-order valence-corrected chi connectivity index (χ0v) is 28.4. The van der Waals surface area contributed by atoms with Crippen molar-refractivity contribution >= 4 is 65.2 Å². The molecule has 0 aliphatic carbocycles. The van der Waals surface area contributed by atoms with Crippen molar-refractivity contribution in [3.8, 4) is 45.3 Å². The number of pyridine rings is 1. The summed E-state index contributed by atoms with van der Waals surface area (Å²) in [7, 11) is 0. The van der Waals surface area contributed by atoms with Crippen molar-refractivity contribution in [1.82, 2.24) is 19.9 Å². The Morgan fingerprint density at radius 3 is 1.94 bits per heavy atom. The Labute approximate surface area is 303 Å². The van der Waals surface area contributed by atoms with Gasteiger partial charge < -0.3 is 4.42 Å². The van der Waals surface area contributed by atoms with Gasteiger partial charge in [-0.15, -0.1) is 0 Å². The van der Waals surface area contributed by atoms with Crippen molar-refractivity contribution in [2.24, 2.45) is 0 Å². The minimum absolute atomic E-state index is 0.584. The second-order valence-electron chi connectivity index (χ2n) is 13.4. The lowest BCUT2D eigenvalue weighted by atomic mass is 9.97. The molecule has 3 aromatic heterocycles. The molecule has 0 bridgehead atoms. The quantitative estimate of drug-likeness (QED) is 0.174. The molecule has 11 aromatic rings. The summed E-state index contributed by atoms with van der Waals surface area (Å²) in [6.45, 7) is 0. The van der Waals surface area contributed by atoms with Gasteiger partial charge in [0, 0.05) is 49.8 Å². The molecule has 3 heterocycles. The van der Waals surface area contributed by atoms with E-state index in [1.165, 1.54) is 5.39 Å². The fourth-order valence-electron chi connectivity index (χ4n) is 7.83. The standard InChI is InChI=1S/C48H28N4O/c1-2-12-29(13-3-1)33-15-6-7-18-37(33)47-50-46(32-23-22-30-24-25-35-36-17-8-10-20-42(36)49-28-41(35)39(30)27-32)51-48(52-47)40-26-31-14-4-5-16-34(31)45-44(40)38-19-9-11-21-43(38)53-45/h1-28H. The maximum absolute atomic E-state index is 6.58. The first-order valence-electron chi connectivity index (χ1n) is 17.7. The van der Waals surface area contributed by atoms with Crippen molar-refractivity contribution in [1.29, 1.82) is 0 Å². The highest BCUT2D eigenvalue weighted by atomic mass is 16.3. The summed E-state index contributed by atoms with van der Waals surface area (Å²) in [5.41, 5.74) is 7.50. The number of hydrogen-bond donors (Lipinski definition) is 0. The van der Waals surface area contributed by atoms with Gasteiger partial charge >= 0.3 is 0 Å². The predicted molar refractivity (Wildman–Crippen MR) is 217 cm³/mol. The third-order valence-corrected chi connectivity index (χ3v) is 10.3. The summed E-state index contributed by atoms with van der Waals surface area (Å²) >= 11 is 0. The molecule has 5 heteroatoms. The van der Waals surface area contributed by atoms with Crippen LogP contribution in [-0.4, -0.2) is 19.9 Å². The SMILES string of the molecule is c1ccc(-c2ccccc2-c2nc(-c3ccc4ccc5c6ccccc6ncc5c4c3)nc(-c3cc4ccccc4c4oc5ccccc5c34)n2)cc1. The average Bonchev–Trinajstić information content (AvgIpc) is 3.63. The molecule has 8 aromatic carbocycles. The van der Waals surface area contributed by atoms with Gasteiger partial charge in [0.25, 0.3) is 0 Å². The Balaban J connectivity index is 1.21. The number of rotatable bonds is 4. The Morgan fingerprint density at radius 1 is 0.377 bits per heavy atom. The van der Waals surface area contributed by atoms with Crippen LogP contribution in [0.25, 0.3) is 110 Å². The van der Waals surface area contributed by atoms with Crippen LogP contribution >= 0.6 is 0 Å². The molecule has 0 fully saturated rings. The van der Waals surface area contributed by atoms with Crippen LogP contribution in [0.15, 0.2) is 174 Å². The lowest BCUT2D eigenvalue weighted by Crippen LogP contribution is -2.01. The van der Waals surface area contributed by atoms with Crippen molar-refractivity contribution in [2.45, 2.75) is 0 Å². The summed E-state index contributed by atoms with van der Waals surface area (Å²) in [6.07, 6.45) is 1.99. The summed E-state index contributed by atoms with van der Waals surface area (Å²) in [5, 5.41) is 9.73. The van der Waals surface area contributed by atoms with Crippen LogP contribution in [0.4, 0.5) is 0 Å². The number of nitrogens with zero attached hydrogens (tertiary/aromatic N) is 4. The maximum Gasteiger partial charge on any atom is 0.164 e. The normalized spacial score (nSPS) is 11.8. The molecule has 53 heavy (non-hydrogen) atoms. The largest absolute Gasteiger partial charge is 0.455 e. The van der Waals surface area contributed by atoms with Crippen molar-refractivity contribution in [3.05, 3.63) is 170 Å². The van der Waals surface area contributed by atoms with Crippen molar-refractivity contribution < 1.29 is 4.42 Å². The van der Waals surface area contributed by atoms with Gasteiger partial charge in [0.05, 0.1) is 5.52 Å². The van der Waals surface area contributed by atoms with Gasteiger partial charge in [-0.25, -0.2) is 15.0 Å². The van der Waals surface area contributed by atoms with Crippen LogP contribution in [0.2, 0.25) is 0 Å². The number of benzene rings is 8. The molecule has 5 nitrogen and oxygen atoms in total. The van der Waals surface area contributed by atoms with E-state index in [1.54, 1.807) is 0 Å². The molecule has 0 unspecified atom stereocenters. The average molecular weight is 677 g/mol. The molecule has 0 atom stereocenters. The minimum Gasteiger partial charge on any atom is -0.455 e. The number of aromatic nitrogens is 4. The monoisotopic (exact) mass is 676 g/mol. The summed E-state index contributed by atoms with van der Waals surface area (Å²) in [6, 6.07) is 56.6. The molecule has 11 rings (SSSR count). The lowest BCUT2D eigenvalue weighted by molar-refractivity contribution is 0.672. The molecule has 0 amide bonds. The van der Waals surface area contributed by atoms with E-state index in [-0.39, 0.29) is 0 Å². The van der Waals surface area contributed by atoms with Gasteiger partial charge in [0.1, 0.15) is 11.2 Å². The Hall–Kier alpha value is -7.24. The van der Waals surface area contributed by atoms with E-state index in [0.29, 0.717) is 17.5 Å². The van der Waals surface area contributed by atoms with Gasteiger partial charge in [0.2, 0.25) is 0 Å². The van der Waals surface area contributed by atoms with Crippen LogP contribution in [0.3, 0.4) is 0 Å². The van der Waals surface area contributed by atoms with Gasteiger partial charge in [0.15, 0.2) is 17.5 Å². The number of fused-ring (bicyclic) bond motifs is 10. The molecule has 0 aliphatic heterocycles. The molecule has 0 N–H and O–H groups in total. The fraction of sp³-hybridized carbons (Fsp3) is 0. The maximum atomic E-state index is 6.58. The van der Waals surface area contributed by atoms with Crippen LogP contribution < -0.4 is 0 Å². The van der Waals surface area contributed by atoms with Gasteiger partial charge in [-0.1, -0.05) is 140 Å². The predicted octanol–water partition coefficient (Wildman–Crippen LogP) is 12.4. The minimum atomic E-state index is 0.584. The molecular formula is C48H28N4O. The van der Waals surface area contributed by atoms with Gasteiger partial charge in [-0.3, -0.25) is 4.98 Å². The van der Waals surface area contributed by atoms with E-state index >= 15 is 0 Å². The zero-order valence-electron chi connectivity index (χ0n) is 28.4. The van der Waals surface area contributed by atoms with E-state index < -0.39 is 0 Å². The number of furan rings is 1. The third-order valence-electron chi connectivity index (χ3n) is 10.3. The Kier molecular flexibility index (Phi) is 6.48. The molecule has 0 saturated carbocycles. The number of hydrogen-bond acceptors (Lipinski definition) is 5. The molecule has 0 aliphatic rings. The highest BCUT2D eigenvalue weighted by molar-refractivity contribution is 6.21. The first kappa shape index (κ1) is 29.5. The smallest absolute Gasteiger partial charge is 0.164 e. The molecule has 246 valence electrons. The highest BCUT2D eigenvalue weighted by Crippen LogP contribution is 2.42. The summed E-state index contributed by atoms with van der Waals surface area (Å²) in [5.74, 6) is 1.78. The van der Waals surface area contributed by atoms with Gasteiger partial charge in [-0.05, 0) is 56.9 Å². The van der Waals surface area contributed by atoms with Crippen LogP contribution in [-0.2, 0) is 0 Å². The highest BCUT2D eigenvalue weighted by Gasteiger charge is 2.21. The van der Waals surface area contributed by atoms with Crippen LogP contribution in [0.5, 0.6) is 0 Å². The van der Waals surface area contributed by atoms with Crippen LogP contribution in [0, 0.1) is 0 Å². The topological polar surface area (TPSA) is 64.7 Å². The van der Waals surface area contributed by atoms with E-state index in [0.717, 1.165) is 87.6 Å². The first-order chi connectivity index (χ1) is 26.3. The second kappa shape index (κ2) is 11.7. The van der Waals surface area contributed by atoms with Crippen molar-refractivity contribution in [2.75, 3.05) is 0 Å². The van der Waals surface area contributed by atoms with E-state index in [4.69, 9.17) is 24.4 Å². The fourth-order valence-corrected chi connectivity index (χ4v) is 7.83. The summed E-state index contributed by atoms with van der Waals surface area (Å²) < 4.78 is 6.58. The number of para-hydroxylation sites is 2. The Morgan fingerprint density at radius 2 is 1.06 bits per heavy atom. The van der Waals surface area contributed by atoms with Crippen LogP contribution in [0.1, 0.15) is 0 Å². The molecule has 0 spiro atoms. The molecule has 0 saturated heterocycles. The summed E-state index contributed by atoms with van der Waals surface area (Å²) in [4.78, 5) is 20.7. The Bertz CT molecular complexity index is 3240. The van der Waals surface area contributed by atoms with E-state index in [9.17, 15) is 0 Å². The first-order valence-corrected chi connectivity index (χ1v) is 17.7. The second-order valence-corrected chi connectivity index (χ2v) is 13.4. The molecular weight excluding hydrogens is 649 g/mol. The van der Waals surface area contributed by atoms with Crippen molar-refractivity contribution in [3.63, 3.8) is 0 Å². The van der Waals surface area contributed by atoms with Gasteiger partial charge in [-0.2, -0.15) is 0 Å². The van der Waals surface area contributed by atoms with E-state index in [1.807, 2.05) is 42.6 Å². The third kappa shape index (κ3) is 4.71. The zero-order chi connectivity index (χ0) is 34.9. The molecule has 0 radical (unpaired) electrons. The van der Waals surface area contributed by atoms with E-state index in [2.05, 4.69) is 127 Å². The lowest BCUT2D eigenvalue weighted by Gasteiger charge is -2.13.